The Kier molecular flexibility index (Phi) is 4.85. The first kappa shape index (κ1) is 14.9. The number of carbonyl (C=O) groups excluding carboxylic acids is 2. The molecule has 8 heteroatoms. The molecule has 4 nitrogen and oxygen atoms in total. The zero-order valence-electron chi connectivity index (χ0n) is 9.46. The van der Waals surface area contributed by atoms with Gasteiger partial charge in [-0.3, -0.25) is 9.59 Å². The Morgan fingerprint density at radius 2 is 2.05 bits per heavy atom. The highest BCUT2D eigenvalue weighted by atomic mass is 19.4. The minimum absolute atomic E-state index is 0.136. The molecule has 104 valence electrons. The van der Waals surface area contributed by atoms with Crippen LogP contribution in [0.15, 0.2) is 18.2 Å². The fourth-order valence-corrected chi connectivity index (χ4v) is 1.16. The maximum atomic E-state index is 13.3. The molecule has 0 unspecified atom stereocenters. The van der Waals surface area contributed by atoms with E-state index in [4.69, 9.17) is 4.74 Å². The van der Waals surface area contributed by atoms with E-state index in [1.54, 1.807) is 5.32 Å². The Labute approximate surface area is 105 Å². The summed E-state index contributed by atoms with van der Waals surface area (Å²) in [5, 5.41) is 1.55. The first-order valence-electron chi connectivity index (χ1n) is 5.03. The molecule has 0 heterocycles. The van der Waals surface area contributed by atoms with E-state index in [1.165, 1.54) is 12.1 Å². The zero-order chi connectivity index (χ0) is 14.5. The van der Waals surface area contributed by atoms with Crippen LogP contribution < -0.4 is 10.1 Å². The van der Waals surface area contributed by atoms with Gasteiger partial charge in [0.1, 0.15) is 6.54 Å². The number of benzene rings is 1. The van der Waals surface area contributed by atoms with Crippen molar-refractivity contribution in [3.63, 3.8) is 0 Å². The Morgan fingerprint density at radius 1 is 1.37 bits per heavy atom. The zero-order valence-corrected chi connectivity index (χ0v) is 9.46. The normalized spacial score (nSPS) is 10.9. The fraction of sp³-hybridized carbons (Fsp3) is 0.273. The quantitative estimate of drug-likeness (QED) is 0.659. The van der Waals surface area contributed by atoms with Gasteiger partial charge in [-0.05, 0) is 12.1 Å². The number of para-hydroxylation sites is 1. The average Bonchev–Trinajstić information content (AvgIpc) is 2.33. The van der Waals surface area contributed by atoms with Gasteiger partial charge in [0.05, 0.1) is 5.56 Å². The molecule has 0 atom stereocenters. The number of hydrogen-bond donors (Lipinski definition) is 1. The molecule has 0 saturated heterocycles. The maximum absolute atomic E-state index is 13.3. The number of ether oxygens (including phenoxy) is 1. The lowest BCUT2D eigenvalue weighted by atomic mass is 10.2. The smallest absolute Gasteiger partial charge is 0.405 e. The van der Waals surface area contributed by atoms with Gasteiger partial charge >= 0.3 is 6.18 Å². The minimum Gasteiger partial charge on any atom is -0.480 e. The lowest BCUT2D eigenvalue weighted by molar-refractivity contribution is -0.139. The van der Waals surface area contributed by atoms with Crippen LogP contribution in [0.2, 0.25) is 0 Å². The molecule has 0 aliphatic carbocycles. The SMILES string of the molecule is O=Cc1cccc(F)c1OCC(=O)NCC(F)(F)F. The van der Waals surface area contributed by atoms with Gasteiger partial charge in [0.2, 0.25) is 0 Å². The molecule has 0 spiro atoms. The second-order valence-electron chi connectivity index (χ2n) is 3.46. The van der Waals surface area contributed by atoms with Gasteiger partial charge in [-0.1, -0.05) is 6.07 Å². The van der Waals surface area contributed by atoms with Crippen LogP contribution in [-0.2, 0) is 4.79 Å². The summed E-state index contributed by atoms with van der Waals surface area (Å²) in [5.74, 6) is -2.43. The van der Waals surface area contributed by atoms with Gasteiger partial charge in [-0.15, -0.1) is 0 Å². The van der Waals surface area contributed by atoms with Gasteiger partial charge in [-0.25, -0.2) is 4.39 Å². The van der Waals surface area contributed by atoms with Crippen LogP contribution in [0.4, 0.5) is 17.6 Å². The lowest BCUT2D eigenvalue weighted by Crippen LogP contribution is -2.36. The highest BCUT2D eigenvalue weighted by molar-refractivity contribution is 5.81. The molecule has 0 radical (unpaired) electrons. The largest absolute Gasteiger partial charge is 0.480 e. The van der Waals surface area contributed by atoms with Gasteiger partial charge < -0.3 is 10.1 Å². The summed E-state index contributed by atoms with van der Waals surface area (Å²) in [5.41, 5.74) is -0.136. The van der Waals surface area contributed by atoms with Crippen LogP contribution in [0.3, 0.4) is 0 Å². The molecule has 1 N–H and O–H groups in total. The van der Waals surface area contributed by atoms with Gasteiger partial charge in [0, 0.05) is 0 Å². The topological polar surface area (TPSA) is 55.4 Å². The van der Waals surface area contributed by atoms with Crippen molar-refractivity contribution in [3.05, 3.63) is 29.6 Å². The molecule has 1 amide bonds. The highest BCUT2D eigenvalue weighted by Gasteiger charge is 2.27. The monoisotopic (exact) mass is 279 g/mol. The second kappa shape index (κ2) is 6.17. The van der Waals surface area contributed by atoms with E-state index < -0.39 is 36.8 Å². The minimum atomic E-state index is -4.54. The fourth-order valence-electron chi connectivity index (χ4n) is 1.16. The summed E-state index contributed by atoms with van der Waals surface area (Å²) in [7, 11) is 0. The summed E-state index contributed by atoms with van der Waals surface area (Å²) >= 11 is 0. The predicted molar refractivity (Wildman–Crippen MR) is 56.3 cm³/mol. The van der Waals surface area contributed by atoms with Crippen molar-refractivity contribution in [3.8, 4) is 5.75 Å². The molecule has 1 rings (SSSR count). The third-order valence-electron chi connectivity index (χ3n) is 1.96. The van der Waals surface area contributed by atoms with E-state index in [0.29, 0.717) is 6.29 Å². The molecule has 0 aliphatic rings. The lowest BCUT2D eigenvalue weighted by Gasteiger charge is -2.10. The number of aldehydes is 1. The summed E-state index contributed by atoms with van der Waals surface area (Å²) in [6.45, 7) is -2.33. The van der Waals surface area contributed by atoms with Crippen molar-refractivity contribution < 1.29 is 31.9 Å². The van der Waals surface area contributed by atoms with Crippen LogP contribution in [-0.4, -0.2) is 31.5 Å². The molecule has 0 saturated carbocycles. The van der Waals surface area contributed by atoms with Gasteiger partial charge in [0.15, 0.2) is 24.5 Å². The van der Waals surface area contributed by atoms with Crippen molar-refractivity contribution in [2.24, 2.45) is 0 Å². The predicted octanol–water partition coefficient (Wildman–Crippen LogP) is 1.70. The van der Waals surface area contributed by atoms with E-state index >= 15 is 0 Å². The molecular weight excluding hydrogens is 270 g/mol. The van der Waals surface area contributed by atoms with Crippen molar-refractivity contribution in [2.75, 3.05) is 13.2 Å². The Hall–Kier alpha value is -2.12. The molecule has 0 bridgehead atoms. The summed E-state index contributed by atoms with van der Waals surface area (Å²) in [6, 6.07) is 3.50. The number of rotatable bonds is 5. The van der Waals surface area contributed by atoms with Crippen LogP contribution >= 0.6 is 0 Å². The number of hydrogen-bond acceptors (Lipinski definition) is 3. The summed E-state index contributed by atoms with van der Waals surface area (Å²) in [4.78, 5) is 21.6. The van der Waals surface area contributed by atoms with E-state index in [-0.39, 0.29) is 5.56 Å². The number of nitrogens with one attached hydrogen (secondary N) is 1. The van der Waals surface area contributed by atoms with E-state index in [9.17, 15) is 27.2 Å². The van der Waals surface area contributed by atoms with Crippen LogP contribution in [0.1, 0.15) is 10.4 Å². The second-order valence-corrected chi connectivity index (χ2v) is 3.46. The Bertz CT molecular complexity index is 473. The molecule has 1 aromatic carbocycles. The Morgan fingerprint density at radius 3 is 2.63 bits per heavy atom. The first-order valence-corrected chi connectivity index (χ1v) is 5.03. The average molecular weight is 279 g/mol. The molecule has 19 heavy (non-hydrogen) atoms. The van der Waals surface area contributed by atoms with Crippen molar-refractivity contribution in [1.29, 1.82) is 0 Å². The van der Waals surface area contributed by atoms with Crippen LogP contribution in [0.5, 0.6) is 5.75 Å². The third-order valence-corrected chi connectivity index (χ3v) is 1.96. The summed E-state index contributed by atoms with van der Waals surface area (Å²) in [6.07, 6.45) is -4.23. The molecule has 0 fully saturated rings. The first-order chi connectivity index (χ1) is 8.83. The maximum Gasteiger partial charge on any atom is 0.405 e. The highest BCUT2D eigenvalue weighted by Crippen LogP contribution is 2.20. The number of carbonyl (C=O) groups is 2. The van der Waals surface area contributed by atoms with E-state index in [1.807, 2.05) is 0 Å². The standard InChI is InChI=1S/C11H9F4NO3/c12-8-3-1-2-7(4-17)10(8)19-5-9(18)16-6-11(13,14)15/h1-4H,5-6H2,(H,16,18). The van der Waals surface area contributed by atoms with Crippen molar-refractivity contribution in [2.45, 2.75) is 6.18 Å². The number of alkyl halides is 3. The van der Waals surface area contributed by atoms with Crippen molar-refractivity contribution in [1.82, 2.24) is 5.32 Å². The number of amides is 1. The third kappa shape index (κ3) is 4.94. The number of halogens is 4. The molecule has 1 aromatic rings. The van der Waals surface area contributed by atoms with Crippen LogP contribution in [0.25, 0.3) is 0 Å². The van der Waals surface area contributed by atoms with Crippen LogP contribution in [0, 0.1) is 5.82 Å². The Balaban J connectivity index is 2.58. The van der Waals surface area contributed by atoms with Gasteiger partial charge in [-0.2, -0.15) is 13.2 Å². The molecule has 0 aliphatic heterocycles. The summed E-state index contributed by atoms with van der Waals surface area (Å²) < 4.78 is 53.4. The van der Waals surface area contributed by atoms with E-state index in [2.05, 4.69) is 0 Å². The van der Waals surface area contributed by atoms with E-state index in [0.717, 1.165) is 6.07 Å². The van der Waals surface area contributed by atoms with Gasteiger partial charge in [0.25, 0.3) is 5.91 Å². The molecular formula is C11H9F4NO3. The molecule has 0 aromatic heterocycles. The van der Waals surface area contributed by atoms with Crippen molar-refractivity contribution >= 4 is 12.2 Å².